The van der Waals surface area contributed by atoms with Crippen molar-refractivity contribution < 1.29 is 0 Å². The molecule has 0 amide bonds. The Morgan fingerprint density at radius 3 is 2.85 bits per heavy atom. The van der Waals surface area contributed by atoms with Gasteiger partial charge in [0.2, 0.25) is 0 Å². The molecule has 1 aromatic heterocycles. The highest BCUT2D eigenvalue weighted by atomic mass is 35.5. The van der Waals surface area contributed by atoms with Crippen LogP contribution in [0.15, 0.2) is 48.7 Å². The standard InChI is InChI=1S/C16H16ClN3/c1-12-4-2-5-13(10-12)14-7-9-20(11-15(14)17)16-6-3-8-18-19-16/h2-8,10,15H,9,11H2,1H3. The fourth-order valence-electron chi connectivity index (χ4n) is 2.48. The van der Waals surface area contributed by atoms with E-state index in [-0.39, 0.29) is 5.38 Å². The Balaban J connectivity index is 1.85. The van der Waals surface area contributed by atoms with Crippen LogP contribution in [0.3, 0.4) is 0 Å². The van der Waals surface area contributed by atoms with Gasteiger partial charge in [0.05, 0.1) is 5.38 Å². The van der Waals surface area contributed by atoms with Gasteiger partial charge in [-0.3, -0.25) is 0 Å². The van der Waals surface area contributed by atoms with E-state index < -0.39 is 0 Å². The maximum atomic E-state index is 6.56. The van der Waals surface area contributed by atoms with Crippen LogP contribution >= 0.6 is 11.6 Å². The first-order valence-electron chi connectivity index (χ1n) is 6.68. The molecule has 0 bridgehead atoms. The second-order valence-electron chi connectivity index (χ2n) is 4.98. The van der Waals surface area contributed by atoms with Crippen LogP contribution in [-0.2, 0) is 0 Å². The minimum atomic E-state index is -0.0347. The van der Waals surface area contributed by atoms with Gasteiger partial charge in [-0.1, -0.05) is 35.9 Å². The lowest BCUT2D eigenvalue weighted by Gasteiger charge is -2.30. The van der Waals surface area contributed by atoms with Gasteiger partial charge in [-0.15, -0.1) is 16.7 Å². The lowest BCUT2D eigenvalue weighted by molar-refractivity contribution is 0.804. The Hall–Kier alpha value is -1.87. The van der Waals surface area contributed by atoms with E-state index in [1.165, 1.54) is 16.7 Å². The van der Waals surface area contributed by atoms with Crippen LogP contribution in [-0.4, -0.2) is 28.7 Å². The number of anilines is 1. The number of benzene rings is 1. The highest BCUT2D eigenvalue weighted by Crippen LogP contribution is 2.28. The van der Waals surface area contributed by atoms with Crippen LogP contribution < -0.4 is 4.90 Å². The molecule has 0 radical (unpaired) electrons. The molecule has 1 atom stereocenters. The molecule has 1 aliphatic heterocycles. The van der Waals surface area contributed by atoms with Crippen LogP contribution in [0.2, 0.25) is 0 Å². The molecule has 2 aromatic rings. The highest BCUT2D eigenvalue weighted by Gasteiger charge is 2.22. The lowest BCUT2D eigenvalue weighted by Crippen LogP contribution is -2.35. The van der Waals surface area contributed by atoms with Gasteiger partial charge in [-0.25, -0.2) is 0 Å². The smallest absolute Gasteiger partial charge is 0.151 e. The molecular formula is C16H16ClN3. The summed E-state index contributed by atoms with van der Waals surface area (Å²) in [6, 6.07) is 12.3. The first-order valence-corrected chi connectivity index (χ1v) is 7.11. The molecule has 0 saturated carbocycles. The third-order valence-electron chi connectivity index (χ3n) is 3.48. The summed E-state index contributed by atoms with van der Waals surface area (Å²) in [5.74, 6) is 0.873. The fraction of sp³-hybridized carbons (Fsp3) is 0.250. The zero-order valence-electron chi connectivity index (χ0n) is 11.3. The number of hydrogen-bond acceptors (Lipinski definition) is 3. The average molecular weight is 286 g/mol. The Morgan fingerprint density at radius 1 is 1.25 bits per heavy atom. The maximum absolute atomic E-state index is 6.56. The van der Waals surface area contributed by atoms with E-state index in [4.69, 9.17) is 11.6 Å². The third kappa shape index (κ3) is 2.68. The molecule has 0 aliphatic carbocycles. The number of aryl methyl sites for hydroxylation is 1. The maximum Gasteiger partial charge on any atom is 0.151 e. The monoisotopic (exact) mass is 285 g/mol. The molecule has 1 aliphatic rings. The summed E-state index contributed by atoms with van der Waals surface area (Å²) in [4.78, 5) is 2.14. The Labute approximate surface area is 123 Å². The van der Waals surface area contributed by atoms with Gasteiger partial charge < -0.3 is 4.90 Å². The molecule has 0 saturated heterocycles. The first-order chi connectivity index (χ1) is 9.74. The molecule has 0 fully saturated rings. The van der Waals surface area contributed by atoms with Crippen molar-refractivity contribution in [2.45, 2.75) is 12.3 Å². The van der Waals surface area contributed by atoms with E-state index >= 15 is 0 Å². The quantitative estimate of drug-likeness (QED) is 0.793. The van der Waals surface area contributed by atoms with Gasteiger partial charge in [-0.05, 0) is 30.2 Å². The largest absolute Gasteiger partial charge is 0.350 e. The van der Waals surface area contributed by atoms with Crippen molar-refractivity contribution in [2.75, 3.05) is 18.0 Å². The predicted molar refractivity (Wildman–Crippen MR) is 83.0 cm³/mol. The summed E-state index contributed by atoms with van der Waals surface area (Å²) < 4.78 is 0. The van der Waals surface area contributed by atoms with Gasteiger partial charge in [-0.2, -0.15) is 5.10 Å². The van der Waals surface area contributed by atoms with Crippen molar-refractivity contribution in [1.82, 2.24) is 10.2 Å². The second kappa shape index (κ2) is 5.63. The summed E-state index contributed by atoms with van der Waals surface area (Å²) in [5.41, 5.74) is 3.67. The lowest BCUT2D eigenvalue weighted by atomic mass is 9.97. The van der Waals surface area contributed by atoms with Gasteiger partial charge in [0.15, 0.2) is 5.82 Å². The number of rotatable bonds is 2. The zero-order chi connectivity index (χ0) is 13.9. The molecule has 3 nitrogen and oxygen atoms in total. The van der Waals surface area contributed by atoms with Crippen molar-refractivity contribution in [3.05, 3.63) is 59.8 Å². The summed E-state index contributed by atoms with van der Waals surface area (Å²) in [5, 5.41) is 8.02. The van der Waals surface area contributed by atoms with E-state index in [0.29, 0.717) is 0 Å². The van der Waals surface area contributed by atoms with Crippen LogP contribution in [0.5, 0.6) is 0 Å². The molecule has 0 spiro atoms. The molecule has 20 heavy (non-hydrogen) atoms. The average Bonchev–Trinajstić information content (AvgIpc) is 2.48. The molecule has 4 heteroatoms. The Bertz CT molecular complexity index is 625. The number of halogens is 1. The van der Waals surface area contributed by atoms with Crippen molar-refractivity contribution in [3.8, 4) is 0 Å². The molecule has 1 aromatic carbocycles. The zero-order valence-corrected chi connectivity index (χ0v) is 12.1. The summed E-state index contributed by atoms with van der Waals surface area (Å²) in [6.07, 6.45) is 3.87. The van der Waals surface area contributed by atoms with Crippen LogP contribution in [0.4, 0.5) is 5.82 Å². The first kappa shape index (κ1) is 13.1. The van der Waals surface area contributed by atoms with E-state index in [1.54, 1.807) is 6.20 Å². The van der Waals surface area contributed by atoms with Gasteiger partial charge in [0.1, 0.15) is 0 Å². The number of hydrogen-bond donors (Lipinski definition) is 0. The summed E-state index contributed by atoms with van der Waals surface area (Å²) in [7, 11) is 0. The normalized spacial score (nSPS) is 18.8. The van der Waals surface area contributed by atoms with Crippen LogP contribution in [0.25, 0.3) is 5.57 Å². The minimum Gasteiger partial charge on any atom is -0.350 e. The van der Waals surface area contributed by atoms with Gasteiger partial charge >= 0.3 is 0 Å². The second-order valence-corrected chi connectivity index (χ2v) is 5.51. The molecule has 0 N–H and O–H groups in total. The number of alkyl halides is 1. The van der Waals surface area contributed by atoms with Crippen LogP contribution in [0, 0.1) is 6.92 Å². The van der Waals surface area contributed by atoms with Crippen molar-refractivity contribution >= 4 is 23.0 Å². The predicted octanol–water partition coefficient (Wildman–Crippen LogP) is 3.30. The van der Waals surface area contributed by atoms with E-state index in [9.17, 15) is 0 Å². The topological polar surface area (TPSA) is 29.0 Å². The van der Waals surface area contributed by atoms with Crippen molar-refractivity contribution in [1.29, 1.82) is 0 Å². The molecule has 102 valence electrons. The molecule has 1 unspecified atom stereocenters. The number of aromatic nitrogens is 2. The molecule has 2 heterocycles. The minimum absolute atomic E-state index is 0.0347. The van der Waals surface area contributed by atoms with Crippen molar-refractivity contribution in [2.24, 2.45) is 0 Å². The molecular weight excluding hydrogens is 270 g/mol. The Morgan fingerprint density at radius 2 is 2.15 bits per heavy atom. The summed E-state index contributed by atoms with van der Waals surface area (Å²) >= 11 is 6.56. The highest BCUT2D eigenvalue weighted by molar-refractivity contribution is 6.27. The SMILES string of the molecule is Cc1cccc(C2=CCN(c3cccnn3)CC2Cl)c1. The number of nitrogens with zero attached hydrogens (tertiary/aromatic N) is 3. The third-order valence-corrected chi connectivity index (χ3v) is 3.86. The van der Waals surface area contributed by atoms with Crippen molar-refractivity contribution in [3.63, 3.8) is 0 Å². The van der Waals surface area contributed by atoms with Gasteiger partial charge in [0, 0.05) is 19.3 Å². The van der Waals surface area contributed by atoms with Crippen LogP contribution in [0.1, 0.15) is 11.1 Å². The Kier molecular flexibility index (Phi) is 3.70. The van der Waals surface area contributed by atoms with E-state index in [2.05, 4.69) is 52.4 Å². The fourth-order valence-corrected chi connectivity index (χ4v) is 2.86. The summed E-state index contributed by atoms with van der Waals surface area (Å²) in [6.45, 7) is 3.66. The van der Waals surface area contributed by atoms with E-state index in [1.807, 2.05) is 12.1 Å². The van der Waals surface area contributed by atoms with E-state index in [0.717, 1.165) is 18.9 Å². The molecule has 3 rings (SSSR count). The van der Waals surface area contributed by atoms with Gasteiger partial charge in [0.25, 0.3) is 0 Å².